The maximum atomic E-state index is 13.3. The molecule has 0 fully saturated rings. The molecule has 176 valence electrons. The third kappa shape index (κ3) is 4.52. The third-order valence-corrected chi connectivity index (χ3v) is 6.11. The fourth-order valence-electron chi connectivity index (χ4n) is 4.24. The summed E-state index contributed by atoms with van der Waals surface area (Å²) in [7, 11) is 0. The highest BCUT2D eigenvalue weighted by atomic mass is 16.3. The highest BCUT2D eigenvalue weighted by Gasteiger charge is 2.50. The van der Waals surface area contributed by atoms with Crippen LogP contribution >= 0.6 is 0 Å². The van der Waals surface area contributed by atoms with Gasteiger partial charge in [0.15, 0.2) is 5.78 Å². The molecule has 1 N–H and O–H groups in total. The smallest absolute Gasteiger partial charge is 0.229 e. The second-order valence-corrected chi connectivity index (χ2v) is 8.53. The molecule has 1 unspecified atom stereocenters. The maximum Gasteiger partial charge on any atom is 0.229 e. The van der Waals surface area contributed by atoms with E-state index in [0.717, 1.165) is 11.1 Å². The first-order valence-corrected chi connectivity index (χ1v) is 11.7. The first kappa shape index (κ1) is 23.1. The van der Waals surface area contributed by atoms with Gasteiger partial charge in [-0.3, -0.25) is 9.59 Å². The molecular weight excluding hydrogens is 448 g/mol. The Kier molecular flexibility index (Phi) is 6.39. The Morgan fingerprint density at radius 3 is 1.64 bits per heavy atom. The zero-order valence-electron chi connectivity index (χ0n) is 19.5. The number of ketones is 2. The zero-order valence-corrected chi connectivity index (χ0v) is 19.5. The van der Waals surface area contributed by atoms with Crippen LogP contribution in [-0.4, -0.2) is 33.1 Å². The van der Waals surface area contributed by atoms with E-state index in [-0.39, 0.29) is 5.78 Å². The topological polar surface area (TPSA) is 70.0 Å². The summed E-state index contributed by atoms with van der Waals surface area (Å²) < 4.78 is 0. The molecule has 36 heavy (non-hydrogen) atoms. The average molecular weight is 473 g/mol. The van der Waals surface area contributed by atoms with E-state index < -0.39 is 17.9 Å². The number of hydrazone groups is 1. The van der Waals surface area contributed by atoms with Crippen LogP contribution in [0.3, 0.4) is 0 Å². The number of nitrogens with zero attached hydrogens (tertiary/aromatic N) is 2. The van der Waals surface area contributed by atoms with Crippen LogP contribution in [0.1, 0.15) is 33.5 Å². The predicted molar refractivity (Wildman–Crippen MR) is 140 cm³/mol. The number of hydrogen-bond acceptors (Lipinski definition) is 5. The number of carbonyl (C=O) groups is 2. The summed E-state index contributed by atoms with van der Waals surface area (Å²) in [5.41, 5.74) is 1.57. The van der Waals surface area contributed by atoms with Gasteiger partial charge in [-0.1, -0.05) is 121 Å². The van der Waals surface area contributed by atoms with Crippen molar-refractivity contribution in [2.24, 2.45) is 5.10 Å². The summed E-state index contributed by atoms with van der Waals surface area (Å²) in [4.78, 5) is 26.5. The van der Waals surface area contributed by atoms with Gasteiger partial charge in [0.25, 0.3) is 0 Å². The lowest BCUT2D eigenvalue weighted by Crippen LogP contribution is -2.48. The number of aliphatic hydroxyl groups is 1. The van der Waals surface area contributed by atoms with Gasteiger partial charge in [0.1, 0.15) is 0 Å². The minimum atomic E-state index is -2.17. The van der Waals surface area contributed by atoms with E-state index in [0.29, 0.717) is 22.5 Å². The summed E-state index contributed by atoms with van der Waals surface area (Å²) in [6.07, 6.45) is 0.924. The summed E-state index contributed by atoms with van der Waals surface area (Å²) in [6.45, 7) is 0. The molecule has 1 atom stereocenters. The molecule has 5 rings (SSSR count). The quantitative estimate of drug-likeness (QED) is 0.292. The molecule has 1 heterocycles. The van der Waals surface area contributed by atoms with Gasteiger partial charge in [-0.2, -0.15) is 5.10 Å². The van der Waals surface area contributed by atoms with E-state index in [1.165, 1.54) is 11.1 Å². The second-order valence-electron chi connectivity index (χ2n) is 8.53. The van der Waals surface area contributed by atoms with Crippen molar-refractivity contribution in [3.63, 3.8) is 0 Å². The summed E-state index contributed by atoms with van der Waals surface area (Å²) in [6, 6.07) is 37.0. The molecule has 0 saturated carbocycles. The van der Waals surface area contributed by atoms with E-state index in [1.807, 2.05) is 97.1 Å². The van der Waals surface area contributed by atoms with Crippen LogP contribution in [0.2, 0.25) is 0 Å². The van der Waals surface area contributed by atoms with Crippen LogP contribution < -0.4 is 0 Å². The molecule has 0 radical (unpaired) electrons. The van der Waals surface area contributed by atoms with Gasteiger partial charge in [0, 0.05) is 28.3 Å². The van der Waals surface area contributed by atoms with Gasteiger partial charge in [0.05, 0.1) is 17.8 Å². The third-order valence-electron chi connectivity index (χ3n) is 6.11. The van der Waals surface area contributed by atoms with Crippen LogP contribution in [0.15, 0.2) is 133 Å². The Morgan fingerprint density at radius 2 is 1.14 bits per heavy atom. The van der Waals surface area contributed by atoms with Crippen LogP contribution in [0.5, 0.6) is 0 Å². The normalized spacial score (nSPS) is 17.0. The van der Waals surface area contributed by atoms with Crippen molar-refractivity contribution in [1.29, 1.82) is 0 Å². The molecule has 0 spiro atoms. The zero-order chi connectivity index (χ0) is 25.0. The van der Waals surface area contributed by atoms with Gasteiger partial charge < -0.3 is 5.11 Å². The number of benzene rings is 4. The summed E-state index contributed by atoms with van der Waals surface area (Å²) in [5.74, 6) is -0.940. The number of Topliss-reactive ketones (excluding diaryl/α,β-unsaturated/α-hetero) is 1. The lowest BCUT2D eigenvalue weighted by molar-refractivity contribution is -0.144. The Bertz CT molecular complexity index is 1390. The predicted octanol–water partition coefficient (Wildman–Crippen LogP) is 5.33. The van der Waals surface area contributed by atoms with Crippen molar-refractivity contribution in [3.05, 3.63) is 150 Å². The van der Waals surface area contributed by atoms with E-state index in [2.05, 4.69) is 0 Å². The molecule has 4 aromatic rings. The van der Waals surface area contributed by atoms with Gasteiger partial charge in [0.2, 0.25) is 11.5 Å². The lowest BCUT2D eigenvalue weighted by Gasteiger charge is -2.32. The number of hydrogen-bond donors (Lipinski definition) is 1. The second kappa shape index (κ2) is 9.94. The minimum Gasteiger partial charge on any atom is -0.363 e. The van der Waals surface area contributed by atoms with E-state index >= 15 is 0 Å². The molecule has 1 aliphatic heterocycles. The Balaban J connectivity index is 1.66. The number of carbonyl (C=O) groups excluding carboxylic acids is 2. The first-order valence-electron chi connectivity index (χ1n) is 11.7. The van der Waals surface area contributed by atoms with E-state index in [9.17, 15) is 14.7 Å². The van der Waals surface area contributed by atoms with Crippen molar-refractivity contribution in [3.8, 4) is 0 Å². The number of rotatable bonds is 7. The first-order chi connectivity index (χ1) is 17.6. The van der Waals surface area contributed by atoms with Crippen molar-refractivity contribution >= 4 is 23.0 Å². The molecule has 4 aromatic carbocycles. The molecule has 0 saturated heterocycles. The summed E-state index contributed by atoms with van der Waals surface area (Å²) >= 11 is 0. The Labute approximate surface area is 209 Å². The van der Waals surface area contributed by atoms with E-state index in [1.54, 1.807) is 24.3 Å². The van der Waals surface area contributed by atoms with Crippen LogP contribution in [0.4, 0.5) is 0 Å². The molecule has 0 amide bonds. The van der Waals surface area contributed by atoms with E-state index in [4.69, 9.17) is 5.10 Å². The molecule has 0 bridgehead atoms. The van der Waals surface area contributed by atoms with Crippen LogP contribution in [0.25, 0.3) is 5.70 Å². The molecule has 5 nitrogen and oxygen atoms in total. The van der Waals surface area contributed by atoms with Crippen LogP contribution in [0, 0.1) is 0 Å². The molecular formula is C31H24N2O3. The SMILES string of the molecule is O=C(CC1(O)C(=O)C=C(c2ccccc2)N1N=C(c1ccccc1)c1ccccc1)c1ccccc1. The monoisotopic (exact) mass is 472 g/mol. The lowest BCUT2D eigenvalue weighted by atomic mass is 9.98. The molecule has 0 aliphatic carbocycles. The Hall–Kier alpha value is -4.61. The summed E-state index contributed by atoms with van der Waals surface area (Å²) in [5, 5.41) is 18.0. The fraction of sp³-hybridized carbons (Fsp3) is 0.0645. The van der Waals surface area contributed by atoms with Crippen molar-refractivity contribution in [1.82, 2.24) is 5.01 Å². The molecule has 1 aliphatic rings. The van der Waals surface area contributed by atoms with Gasteiger partial charge in [-0.15, -0.1) is 0 Å². The highest BCUT2D eigenvalue weighted by Crippen LogP contribution is 2.37. The largest absolute Gasteiger partial charge is 0.363 e. The average Bonchev–Trinajstić information content (AvgIpc) is 3.18. The van der Waals surface area contributed by atoms with Crippen molar-refractivity contribution in [2.75, 3.05) is 0 Å². The van der Waals surface area contributed by atoms with Crippen LogP contribution in [-0.2, 0) is 4.79 Å². The Morgan fingerprint density at radius 1 is 0.694 bits per heavy atom. The molecule has 5 heteroatoms. The molecule has 0 aromatic heterocycles. The van der Waals surface area contributed by atoms with Gasteiger partial charge in [-0.25, -0.2) is 5.01 Å². The highest BCUT2D eigenvalue weighted by molar-refractivity contribution is 6.14. The standard InChI is InChI=1S/C31H24N2O3/c34-28(24-15-7-2-8-16-24)22-31(36)29(35)21-27(23-13-5-1-6-14-23)33(31)32-30(25-17-9-3-10-18-25)26-19-11-4-12-20-26/h1-21,36H,22H2. The van der Waals surface area contributed by atoms with Gasteiger partial charge >= 0.3 is 0 Å². The fourth-order valence-corrected chi connectivity index (χ4v) is 4.24. The minimum absolute atomic E-state index is 0.352. The van der Waals surface area contributed by atoms with Gasteiger partial charge in [-0.05, 0) is 0 Å². The maximum absolute atomic E-state index is 13.3. The van der Waals surface area contributed by atoms with Crippen molar-refractivity contribution < 1.29 is 14.7 Å². The van der Waals surface area contributed by atoms with Crippen molar-refractivity contribution in [2.45, 2.75) is 12.1 Å².